The van der Waals surface area contributed by atoms with E-state index < -0.39 is 0 Å². The largest absolute Gasteiger partial charge is 0.496 e. The fraction of sp³-hybridized carbons (Fsp3) is 0.0909. The van der Waals surface area contributed by atoms with Gasteiger partial charge >= 0.3 is 0 Å². The van der Waals surface area contributed by atoms with Crippen molar-refractivity contribution < 1.29 is 4.74 Å². The van der Waals surface area contributed by atoms with Crippen molar-refractivity contribution in [3.63, 3.8) is 0 Å². The number of hydrogen-bond donors (Lipinski definition) is 0. The van der Waals surface area contributed by atoms with E-state index in [4.69, 9.17) is 4.74 Å². The van der Waals surface area contributed by atoms with Crippen LogP contribution in [0.2, 0.25) is 0 Å². The van der Waals surface area contributed by atoms with Crippen LogP contribution in [0, 0.1) is 6.92 Å². The second kappa shape index (κ2) is 5.44. The lowest BCUT2D eigenvalue weighted by Gasteiger charge is -2.11. The van der Waals surface area contributed by atoms with Gasteiger partial charge in [-0.25, -0.2) is 0 Å². The fourth-order valence-corrected chi connectivity index (χ4v) is 3.32. The quantitative estimate of drug-likeness (QED) is 0.442. The molecule has 0 N–H and O–H groups in total. The minimum absolute atomic E-state index is 0.919. The molecule has 23 heavy (non-hydrogen) atoms. The Labute approximate surface area is 136 Å². The first-order chi connectivity index (χ1) is 11.3. The molecule has 0 aliphatic heterocycles. The van der Waals surface area contributed by atoms with Gasteiger partial charge in [-0.1, -0.05) is 60.7 Å². The van der Waals surface area contributed by atoms with Gasteiger partial charge in [0, 0.05) is 5.39 Å². The molecule has 4 aromatic carbocycles. The standard InChI is InChI=1S/C22H18O/c1-15-6-3-10-21-18(15)8-5-9-19(21)17-12-13-20-16(14-17)7-4-11-22(20)23-2/h3-14H,1-2H3. The van der Waals surface area contributed by atoms with Gasteiger partial charge in [0.1, 0.15) is 5.75 Å². The smallest absolute Gasteiger partial charge is 0.126 e. The van der Waals surface area contributed by atoms with E-state index in [0.717, 1.165) is 11.1 Å². The average Bonchev–Trinajstić information content (AvgIpc) is 2.60. The molecule has 0 aliphatic rings. The summed E-state index contributed by atoms with van der Waals surface area (Å²) in [5.74, 6) is 0.919. The summed E-state index contributed by atoms with van der Waals surface area (Å²) in [4.78, 5) is 0. The molecule has 0 amide bonds. The molecular weight excluding hydrogens is 280 g/mol. The summed E-state index contributed by atoms with van der Waals surface area (Å²) in [6.07, 6.45) is 0. The first-order valence-corrected chi connectivity index (χ1v) is 7.83. The van der Waals surface area contributed by atoms with Crippen LogP contribution in [0.3, 0.4) is 0 Å². The summed E-state index contributed by atoms with van der Waals surface area (Å²) < 4.78 is 5.46. The molecule has 0 atom stereocenters. The van der Waals surface area contributed by atoms with Gasteiger partial charge in [-0.2, -0.15) is 0 Å². The zero-order valence-electron chi connectivity index (χ0n) is 13.3. The van der Waals surface area contributed by atoms with Gasteiger partial charge in [0.05, 0.1) is 7.11 Å². The molecule has 0 spiro atoms. The molecule has 0 aromatic heterocycles. The van der Waals surface area contributed by atoms with Crippen LogP contribution in [-0.2, 0) is 0 Å². The minimum Gasteiger partial charge on any atom is -0.496 e. The zero-order chi connectivity index (χ0) is 15.8. The van der Waals surface area contributed by atoms with Crippen LogP contribution in [0.15, 0.2) is 72.8 Å². The van der Waals surface area contributed by atoms with Crippen LogP contribution in [-0.4, -0.2) is 7.11 Å². The van der Waals surface area contributed by atoms with Crippen molar-refractivity contribution in [2.75, 3.05) is 7.11 Å². The van der Waals surface area contributed by atoms with Crippen molar-refractivity contribution in [1.29, 1.82) is 0 Å². The number of ether oxygens (including phenoxy) is 1. The summed E-state index contributed by atoms with van der Waals surface area (Å²) in [6.45, 7) is 2.16. The number of hydrogen-bond acceptors (Lipinski definition) is 1. The zero-order valence-corrected chi connectivity index (χ0v) is 13.3. The van der Waals surface area contributed by atoms with Crippen LogP contribution >= 0.6 is 0 Å². The van der Waals surface area contributed by atoms with E-state index in [0.29, 0.717) is 0 Å². The van der Waals surface area contributed by atoms with Crippen LogP contribution in [0.25, 0.3) is 32.7 Å². The molecule has 0 aliphatic carbocycles. The maximum Gasteiger partial charge on any atom is 0.126 e. The van der Waals surface area contributed by atoms with Crippen molar-refractivity contribution in [2.45, 2.75) is 6.92 Å². The second-order valence-corrected chi connectivity index (χ2v) is 5.87. The number of rotatable bonds is 2. The average molecular weight is 298 g/mol. The summed E-state index contributed by atoms with van der Waals surface area (Å²) >= 11 is 0. The van der Waals surface area contributed by atoms with Crippen molar-refractivity contribution in [3.8, 4) is 16.9 Å². The highest BCUT2D eigenvalue weighted by Gasteiger charge is 2.07. The number of methoxy groups -OCH3 is 1. The maximum absolute atomic E-state index is 5.46. The Morgan fingerprint density at radius 2 is 1.48 bits per heavy atom. The third-order valence-corrected chi connectivity index (χ3v) is 4.51. The van der Waals surface area contributed by atoms with E-state index in [1.807, 2.05) is 12.1 Å². The van der Waals surface area contributed by atoms with Gasteiger partial charge < -0.3 is 4.74 Å². The first kappa shape index (κ1) is 13.8. The van der Waals surface area contributed by atoms with Crippen molar-refractivity contribution in [2.24, 2.45) is 0 Å². The molecule has 0 bridgehead atoms. The van der Waals surface area contributed by atoms with E-state index >= 15 is 0 Å². The van der Waals surface area contributed by atoms with Crippen LogP contribution < -0.4 is 4.74 Å². The fourth-order valence-electron chi connectivity index (χ4n) is 3.32. The van der Waals surface area contributed by atoms with Gasteiger partial charge in [0.25, 0.3) is 0 Å². The Balaban J connectivity index is 1.98. The molecule has 0 saturated heterocycles. The molecule has 112 valence electrons. The monoisotopic (exact) mass is 298 g/mol. The molecule has 4 aromatic rings. The first-order valence-electron chi connectivity index (χ1n) is 7.83. The molecule has 1 nitrogen and oxygen atoms in total. The summed E-state index contributed by atoms with van der Waals surface area (Å²) in [5, 5.41) is 4.96. The van der Waals surface area contributed by atoms with Gasteiger partial charge in [-0.15, -0.1) is 0 Å². The highest BCUT2D eigenvalue weighted by molar-refractivity contribution is 6.00. The molecule has 4 rings (SSSR count). The lowest BCUT2D eigenvalue weighted by Crippen LogP contribution is -1.87. The molecule has 0 saturated carbocycles. The predicted octanol–water partition coefficient (Wildman–Crippen LogP) is 5.98. The van der Waals surface area contributed by atoms with Crippen LogP contribution in [0.4, 0.5) is 0 Å². The molecular formula is C22H18O. The highest BCUT2D eigenvalue weighted by atomic mass is 16.5. The minimum atomic E-state index is 0.919. The van der Waals surface area contributed by atoms with Gasteiger partial charge in [-0.05, 0) is 51.9 Å². The third kappa shape index (κ3) is 2.25. The molecule has 0 fully saturated rings. The third-order valence-electron chi connectivity index (χ3n) is 4.51. The number of fused-ring (bicyclic) bond motifs is 2. The van der Waals surface area contributed by atoms with Crippen LogP contribution in [0.5, 0.6) is 5.75 Å². The second-order valence-electron chi connectivity index (χ2n) is 5.87. The van der Waals surface area contributed by atoms with Crippen molar-refractivity contribution in [3.05, 3.63) is 78.4 Å². The molecule has 0 heterocycles. The lowest BCUT2D eigenvalue weighted by molar-refractivity contribution is 0.420. The number of benzene rings is 4. The van der Waals surface area contributed by atoms with Gasteiger partial charge in [-0.3, -0.25) is 0 Å². The molecule has 0 unspecified atom stereocenters. The topological polar surface area (TPSA) is 9.23 Å². The maximum atomic E-state index is 5.46. The van der Waals surface area contributed by atoms with Gasteiger partial charge in [0.2, 0.25) is 0 Å². The Morgan fingerprint density at radius 3 is 2.35 bits per heavy atom. The van der Waals surface area contributed by atoms with E-state index in [9.17, 15) is 0 Å². The molecule has 1 heteroatoms. The van der Waals surface area contributed by atoms with E-state index in [2.05, 4.69) is 67.6 Å². The van der Waals surface area contributed by atoms with Gasteiger partial charge in [0.15, 0.2) is 0 Å². The van der Waals surface area contributed by atoms with Crippen LogP contribution in [0.1, 0.15) is 5.56 Å². The summed E-state index contributed by atoms with van der Waals surface area (Å²) in [5.41, 5.74) is 3.82. The number of aryl methyl sites for hydroxylation is 1. The van der Waals surface area contributed by atoms with Crippen molar-refractivity contribution in [1.82, 2.24) is 0 Å². The Bertz CT molecular complexity index is 1010. The van der Waals surface area contributed by atoms with E-state index in [1.165, 1.54) is 32.8 Å². The van der Waals surface area contributed by atoms with Crippen molar-refractivity contribution >= 4 is 21.5 Å². The summed E-state index contributed by atoms with van der Waals surface area (Å²) in [7, 11) is 1.72. The van der Waals surface area contributed by atoms with E-state index in [1.54, 1.807) is 7.11 Å². The SMILES string of the molecule is COc1cccc2cc(-c3cccc4c(C)cccc34)ccc12. The molecule has 0 radical (unpaired) electrons. The lowest BCUT2D eigenvalue weighted by atomic mass is 9.94. The predicted molar refractivity (Wildman–Crippen MR) is 98.2 cm³/mol. The highest BCUT2D eigenvalue weighted by Crippen LogP contribution is 2.34. The Morgan fingerprint density at radius 1 is 0.696 bits per heavy atom. The Kier molecular flexibility index (Phi) is 3.27. The normalized spacial score (nSPS) is 11.0. The Hall–Kier alpha value is -2.80. The van der Waals surface area contributed by atoms with E-state index in [-0.39, 0.29) is 0 Å². The summed E-state index contributed by atoms with van der Waals surface area (Å²) in [6, 6.07) is 25.8.